The van der Waals surface area contributed by atoms with Crippen molar-refractivity contribution < 1.29 is 14.1 Å². The van der Waals surface area contributed by atoms with Crippen LogP contribution >= 0.6 is 0 Å². The molecule has 1 aromatic heterocycles. The van der Waals surface area contributed by atoms with E-state index in [4.69, 9.17) is 9.26 Å². The molecule has 1 aromatic rings. The minimum Gasteiger partial charge on any atom is -0.379 e. The lowest BCUT2D eigenvalue weighted by atomic mass is 10.2. The number of nitrogens with zero attached hydrogens (tertiary/aromatic N) is 3. The van der Waals surface area contributed by atoms with Crippen LogP contribution in [0, 0.1) is 6.92 Å². The van der Waals surface area contributed by atoms with Crippen molar-refractivity contribution in [2.24, 2.45) is 0 Å². The van der Waals surface area contributed by atoms with Gasteiger partial charge in [-0.05, 0) is 13.8 Å². The summed E-state index contributed by atoms with van der Waals surface area (Å²) in [6.07, 6.45) is 0.289. The number of hydrogen-bond acceptors (Lipinski definition) is 5. The number of rotatable bonds is 6. The summed E-state index contributed by atoms with van der Waals surface area (Å²) >= 11 is 0. The molecule has 6 heteroatoms. The van der Waals surface area contributed by atoms with E-state index in [2.05, 4.69) is 10.1 Å². The van der Waals surface area contributed by atoms with Gasteiger partial charge in [-0.1, -0.05) is 5.16 Å². The average Bonchev–Trinajstić information content (AvgIpc) is 2.86. The highest BCUT2D eigenvalue weighted by Gasteiger charge is 2.17. The molecule has 1 aliphatic rings. The summed E-state index contributed by atoms with van der Waals surface area (Å²) in [5, 5.41) is 3.81. The Labute approximate surface area is 119 Å². The zero-order valence-corrected chi connectivity index (χ0v) is 12.3. The molecule has 1 saturated heterocycles. The first-order chi connectivity index (χ1) is 9.69. The molecule has 0 radical (unpaired) electrons. The minimum absolute atomic E-state index is 0.0944. The van der Waals surface area contributed by atoms with Gasteiger partial charge in [0.2, 0.25) is 5.91 Å². The number of amides is 1. The SMILES string of the molecule is CCN(CCN1CCOCC1)C(=O)Cc1cc(C)no1. The normalized spacial score (nSPS) is 16.3. The molecule has 0 atom stereocenters. The van der Waals surface area contributed by atoms with Crippen LogP contribution in [-0.2, 0) is 16.0 Å². The first-order valence-corrected chi connectivity index (χ1v) is 7.19. The topological polar surface area (TPSA) is 58.8 Å². The van der Waals surface area contributed by atoms with E-state index in [0.717, 1.165) is 51.6 Å². The van der Waals surface area contributed by atoms with Crippen LogP contribution in [-0.4, -0.2) is 66.8 Å². The standard InChI is InChI=1S/C14H23N3O3/c1-3-17(5-4-16-6-8-19-9-7-16)14(18)11-13-10-12(2)15-20-13/h10H,3-9,11H2,1-2H3. The van der Waals surface area contributed by atoms with E-state index in [0.29, 0.717) is 5.76 Å². The van der Waals surface area contributed by atoms with Crippen LogP contribution in [0.25, 0.3) is 0 Å². The third kappa shape index (κ3) is 4.31. The average molecular weight is 281 g/mol. The lowest BCUT2D eigenvalue weighted by Crippen LogP contribution is -2.43. The number of hydrogen-bond donors (Lipinski definition) is 0. The van der Waals surface area contributed by atoms with Crippen molar-refractivity contribution in [3.05, 3.63) is 17.5 Å². The van der Waals surface area contributed by atoms with Crippen molar-refractivity contribution in [1.82, 2.24) is 15.0 Å². The van der Waals surface area contributed by atoms with Crippen molar-refractivity contribution in [2.75, 3.05) is 45.9 Å². The number of carbonyl (C=O) groups excluding carboxylic acids is 1. The molecule has 0 aromatic carbocycles. The molecule has 0 aliphatic carbocycles. The monoisotopic (exact) mass is 281 g/mol. The quantitative estimate of drug-likeness (QED) is 0.768. The zero-order chi connectivity index (χ0) is 14.4. The second kappa shape index (κ2) is 7.40. The zero-order valence-electron chi connectivity index (χ0n) is 12.3. The van der Waals surface area contributed by atoms with Gasteiger partial charge >= 0.3 is 0 Å². The Hall–Kier alpha value is -1.40. The number of aromatic nitrogens is 1. The van der Waals surface area contributed by atoms with Crippen molar-refractivity contribution in [3.63, 3.8) is 0 Å². The van der Waals surface area contributed by atoms with Gasteiger partial charge in [0.25, 0.3) is 0 Å². The fourth-order valence-corrected chi connectivity index (χ4v) is 2.31. The van der Waals surface area contributed by atoms with Gasteiger partial charge < -0.3 is 14.2 Å². The Bertz CT molecular complexity index is 427. The molecular weight excluding hydrogens is 258 g/mol. The highest BCUT2D eigenvalue weighted by Crippen LogP contribution is 2.06. The Morgan fingerprint density at radius 3 is 2.80 bits per heavy atom. The van der Waals surface area contributed by atoms with Crippen LogP contribution < -0.4 is 0 Å². The minimum atomic E-state index is 0.0944. The number of likely N-dealkylation sites (N-methyl/N-ethyl adjacent to an activating group) is 1. The van der Waals surface area contributed by atoms with Crippen LogP contribution in [0.4, 0.5) is 0 Å². The molecule has 2 heterocycles. The molecule has 1 fully saturated rings. The Kier molecular flexibility index (Phi) is 5.55. The fourth-order valence-electron chi connectivity index (χ4n) is 2.31. The Balaban J connectivity index is 1.79. The maximum absolute atomic E-state index is 12.2. The summed E-state index contributed by atoms with van der Waals surface area (Å²) in [5.74, 6) is 0.731. The molecule has 1 amide bonds. The van der Waals surface area contributed by atoms with E-state index in [9.17, 15) is 4.79 Å². The van der Waals surface area contributed by atoms with Crippen LogP contribution in [0.5, 0.6) is 0 Å². The molecule has 0 spiro atoms. The van der Waals surface area contributed by atoms with E-state index >= 15 is 0 Å². The van der Waals surface area contributed by atoms with Crippen molar-refractivity contribution >= 4 is 5.91 Å². The van der Waals surface area contributed by atoms with Crippen LogP contribution in [0.2, 0.25) is 0 Å². The second-order valence-corrected chi connectivity index (χ2v) is 5.04. The van der Waals surface area contributed by atoms with Gasteiger partial charge in [0.1, 0.15) is 5.76 Å². The molecule has 6 nitrogen and oxygen atoms in total. The van der Waals surface area contributed by atoms with E-state index < -0.39 is 0 Å². The van der Waals surface area contributed by atoms with E-state index in [1.54, 1.807) is 0 Å². The third-order valence-corrected chi connectivity index (χ3v) is 3.53. The summed E-state index contributed by atoms with van der Waals surface area (Å²) in [5.41, 5.74) is 0.809. The maximum atomic E-state index is 12.2. The highest BCUT2D eigenvalue weighted by atomic mass is 16.5. The largest absolute Gasteiger partial charge is 0.379 e. The summed E-state index contributed by atoms with van der Waals surface area (Å²) < 4.78 is 10.4. The number of ether oxygens (including phenoxy) is 1. The van der Waals surface area contributed by atoms with Crippen molar-refractivity contribution in [1.29, 1.82) is 0 Å². The van der Waals surface area contributed by atoms with Crippen LogP contribution in [0.3, 0.4) is 0 Å². The first-order valence-electron chi connectivity index (χ1n) is 7.19. The third-order valence-electron chi connectivity index (χ3n) is 3.53. The van der Waals surface area contributed by atoms with Gasteiger partial charge in [-0.15, -0.1) is 0 Å². The molecule has 0 unspecified atom stereocenters. The van der Waals surface area contributed by atoms with Gasteiger partial charge in [-0.3, -0.25) is 9.69 Å². The lowest BCUT2D eigenvalue weighted by molar-refractivity contribution is -0.130. The number of morpholine rings is 1. The molecule has 2 rings (SSSR count). The predicted molar refractivity (Wildman–Crippen MR) is 74.5 cm³/mol. The number of carbonyl (C=O) groups is 1. The molecular formula is C14H23N3O3. The Morgan fingerprint density at radius 1 is 1.45 bits per heavy atom. The van der Waals surface area contributed by atoms with E-state index in [1.807, 2.05) is 24.8 Å². The second-order valence-electron chi connectivity index (χ2n) is 5.04. The van der Waals surface area contributed by atoms with E-state index in [1.165, 1.54) is 0 Å². The first kappa shape index (κ1) is 15.0. The Morgan fingerprint density at radius 2 is 2.20 bits per heavy atom. The van der Waals surface area contributed by atoms with Gasteiger partial charge in [0, 0.05) is 38.8 Å². The maximum Gasteiger partial charge on any atom is 0.230 e. The molecule has 112 valence electrons. The molecule has 0 saturated carbocycles. The fraction of sp³-hybridized carbons (Fsp3) is 0.714. The predicted octanol–water partition coefficient (Wildman–Crippen LogP) is 0.706. The number of aryl methyl sites for hydroxylation is 1. The summed E-state index contributed by atoms with van der Waals surface area (Å²) in [6.45, 7) is 9.71. The van der Waals surface area contributed by atoms with Gasteiger partial charge in [-0.2, -0.15) is 0 Å². The van der Waals surface area contributed by atoms with Crippen molar-refractivity contribution in [2.45, 2.75) is 20.3 Å². The van der Waals surface area contributed by atoms with Gasteiger partial charge in [-0.25, -0.2) is 0 Å². The highest BCUT2D eigenvalue weighted by molar-refractivity contribution is 5.78. The lowest BCUT2D eigenvalue weighted by Gasteiger charge is -2.29. The molecule has 20 heavy (non-hydrogen) atoms. The van der Waals surface area contributed by atoms with Crippen LogP contribution in [0.1, 0.15) is 18.4 Å². The summed E-state index contributed by atoms with van der Waals surface area (Å²) in [7, 11) is 0. The molecule has 0 bridgehead atoms. The molecule has 1 aliphatic heterocycles. The smallest absolute Gasteiger partial charge is 0.230 e. The van der Waals surface area contributed by atoms with Gasteiger partial charge in [0.15, 0.2) is 0 Å². The van der Waals surface area contributed by atoms with Crippen molar-refractivity contribution in [3.8, 4) is 0 Å². The summed E-state index contributed by atoms with van der Waals surface area (Å²) in [4.78, 5) is 16.4. The molecule has 0 N–H and O–H groups in total. The van der Waals surface area contributed by atoms with Gasteiger partial charge in [0.05, 0.1) is 25.3 Å². The summed E-state index contributed by atoms with van der Waals surface area (Å²) in [6, 6.07) is 1.81. The van der Waals surface area contributed by atoms with Crippen LogP contribution in [0.15, 0.2) is 10.6 Å². The van der Waals surface area contributed by atoms with E-state index in [-0.39, 0.29) is 12.3 Å².